The highest BCUT2D eigenvalue weighted by atomic mass is 32.2. The van der Waals surface area contributed by atoms with E-state index in [2.05, 4.69) is 16.6 Å². The Kier molecular flexibility index (Phi) is 7.18. The molecular formula is C14H18FNO3S2. The molecule has 0 spiro atoms. The summed E-state index contributed by atoms with van der Waals surface area (Å²) in [5.41, 5.74) is 0.0901. The molecule has 0 heterocycles. The first kappa shape index (κ1) is 18.0. The molecule has 1 aromatic rings. The molecule has 1 unspecified atom stereocenters. The molecule has 0 saturated heterocycles. The van der Waals surface area contributed by atoms with Crippen LogP contribution in [0, 0.1) is 17.7 Å². The van der Waals surface area contributed by atoms with Gasteiger partial charge in [0.2, 0.25) is 10.0 Å². The highest BCUT2D eigenvalue weighted by molar-refractivity contribution is 7.98. The van der Waals surface area contributed by atoms with Gasteiger partial charge >= 0.3 is 0 Å². The van der Waals surface area contributed by atoms with Crippen LogP contribution in [-0.2, 0) is 10.0 Å². The molecule has 0 aliphatic heterocycles. The summed E-state index contributed by atoms with van der Waals surface area (Å²) >= 11 is 1.53. The normalized spacial score (nSPS) is 12.6. The van der Waals surface area contributed by atoms with Crippen molar-refractivity contribution in [3.05, 3.63) is 29.6 Å². The number of halogens is 1. The Morgan fingerprint density at radius 2 is 2.19 bits per heavy atom. The lowest BCUT2D eigenvalue weighted by molar-refractivity contribution is 0.305. The molecule has 1 atom stereocenters. The van der Waals surface area contributed by atoms with E-state index in [0.29, 0.717) is 5.75 Å². The Morgan fingerprint density at radius 1 is 1.48 bits per heavy atom. The second-order valence-corrected chi connectivity index (χ2v) is 6.99. The highest BCUT2D eigenvalue weighted by Crippen LogP contribution is 2.17. The molecule has 116 valence electrons. The van der Waals surface area contributed by atoms with Gasteiger partial charge in [-0.1, -0.05) is 11.8 Å². The number of thioether (sulfide) groups is 1. The third-order valence-electron chi connectivity index (χ3n) is 2.46. The van der Waals surface area contributed by atoms with E-state index < -0.39 is 15.8 Å². The lowest BCUT2D eigenvalue weighted by Gasteiger charge is -2.14. The minimum atomic E-state index is -3.76. The molecule has 0 saturated carbocycles. The van der Waals surface area contributed by atoms with Crippen LogP contribution in [0.5, 0.6) is 0 Å². The van der Waals surface area contributed by atoms with Gasteiger partial charge in [-0.2, -0.15) is 11.8 Å². The van der Waals surface area contributed by atoms with Crippen molar-refractivity contribution >= 4 is 21.8 Å². The molecule has 2 N–H and O–H groups in total. The van der Waals surface area contributed by atoms with Crippen molar-refractivity contribution < 1.29 is 17.9 Å². The quantitative estimate of drug-likeness (QED) is 0.777. The third-order valence-corrected chi connectivity index (χ3v) is 4.95. The molecule has 0 aliphatic carbocycles. The van der Waals surface area contributed by atoms with Crippen LogP contribution in [-0.4, -0.2) is 38.2 Å². The fraction of sp³-hybridized carbons (Fsp3) is 0.429. The van der Waals surface area contributed by atoms with Crippen LogP contribution in [0.2, 0.25) is 0 Å². The van der Waals surface area contributed by atoms with Gasteiger partial charge in [-0.05, 0) is 31.4 Å². The van der Waals surface area contributed by atoms with Gasteiger partial charge in [-0.25, -0.2) is 17.5 Å². The Balaban J connectivity index is 3.14. The van der Waals surface area contributed by atoms with E-state index in [0.717, 1.165) is 12.1 Å². The molecule has 1 rings (SSSR count). The maximum Gasteiger partial charge on any atom is 0.242 e. The Morgan fingerprint density at radius 3 is 2.81 bits per heavy atom. The molecule has 0 aliphatic rings. The summed E-state index contributed by atoms with van der Waals surface area (Å²) in [4.78, 5) is -0.0534. The number of rotatable bonds is 6. The fourth-order valence-corrected chi connectivity index (χ4v) is 3.74. The number of nitrogens with one attached hydrogen (secondary N) is 1. The van der Waals surface area contributed by atoms with Gasteiger partial charge in [-0.15, -0.1) is 0 Å². The van der Waals surface area contributed by atoms with Gasteiger partial charge < -0.3 is 5.11 Å². The average molecular weight is 331 g/mol. The zero-order chi connectivity index (χ0) is 15.9. The van der Waals surface area contributed by atoms with Gasteiger partial charge in [0.15, 0.2) is 0 Å². The lowest BCUT2D eigenvalue weighted by Crippen LogP contribution is -2.34. The van der Waals surface area contributed by atoms with E-state index in [1.54, 1.807) is 6.92 Å². The van der Waals surface area contributed by atoms with Crippen molar-refractivity contribution in [2.45, 2.75) is 24.3 Å². The van der Waals surface area contributed by atoms with Crippen LogP contribution in [0.25, 0.3) is 0 Å². The first-order valence-corrected chi connectivity index (χ1v) is 9.19. The second-order valence-electron chi connectivity index (χ2n) is 4.39. The maximum absolute atomic E-state index is 13.3. The maximum atomic E-state index is 13.3. The summed E-state index contributed by atoms with van der Waals surface area (Å²) in [5, 5.41) is 8.70. The summed E-state index contributed by atoms with van der Waals surface area (Å²) in [6.45, 7) is 1.63. The molecule has 1 aromatic carbocycles. The Hall–Kier alpha value is -1.07. The van der Waals surface area contributed by atoms with Gasteiger partial charge in [0.1, 0.15) is 5.82 Å². The molecule has 21 heavy (non-hydrogen) atoms. The van der Waals surface area contributed by atoms with Crippen molar-refractivity contribution in [1.82, 2.24) is 4.72 Å². The summed E-state index contributed by atoms with van der Waals surface area (Å²) in [5.74, 6) is 5.27. The zero-order valence-electron chi connectivity index (χ0n) is 11.9. The molecule has 0 amide bonds. The van der Waals surface area contributed by atoms with Crippen LogP contribution in [0.3, 0.4) is 0 Å². The van der Waals surface area contributed by atoms with Crippen LogP contribution in [0.15, 0.2) is 23.1 Å². The minimum Gasteiger partial charge on any atom is -0.395 e. The molecule has 0 bridgehead atoms. The zero-order valence-corrected chi connectivity index (χ0v) is 13.5. The predicted octanol–water partition coefficient (Wildman–Crippen LogP) is 1.59. The second kappa shape index (κ2) is 8.39. The Labute approximate surface area is 129 Å². The van der Waals surface area contributed by atoms with E-state index in [-0.39, 0.29) is 29.5 Å². The van der Waals surface area contributed by atoms with E-state index in [1.165, 1.54) is 17.8 Å². The monoisotopic (exact) mass is 331 g/mol. The summed E-state index contributed by atoms with van der Waals surface area (Å²) in [7, 11) is -3.76. The molecule has 7 heteroatoms. The molecule has 0 aromatic heterocycles. The van der Waals surface area contributed by atoms with Crippen molar-refractivity contribution in [1.29, 1.82) is 0 Å². The topological polar surface area (TPSA) is 66.4 Å². The largest absolute Gasteiger partial charge is 0.395 e. The van der Waals surface area contributed by atoms with Crippen molar-refractivity contribution in [2.24, 2.45) is 0 Å². The smallest absolute Gasteiger partial charge is 0.242 e. The Bertz CT molecular complexity index is 635. The van der Waals surface area contributed by atoms with Crippen molar-refractivity contribution in [3.63, 3.8) is 0 Å². The fourth-order valence-electron chi connectivity index (χ4n) is 1.66. The SMILES string of the molecule is CSCC(C)NS(=O)(=O)c1ccc(F)cc1C#CCCO. The van der Waals surface area contributed by atoms with E-state index in [4.69, 9.17) is 5.11 Å². The molecule has 4 nitrogen and oxygen atoms in total. The summed E-state index contributed by atoms with van der Waals surface area (Å²) in [6, 6.07) is 3.13. The van der Waals surface area contributed by atoms with Crippen LogP contribution < -0.4 is 4.72 Å². The number of benzene rings is 1. The summed E-state index contributed by atoms with van der Waals surface area (Å²) < 4.78 is 40.5. The number of sulfonamides is 1. The highest BCUT2D eigenvalue weighted by Gasteiger charge is 2.20. The molecule has 0 radical (unpaired) electrons. The lowest BCUT2D eigenvalue weighted by atomic mass is 10.2. The van der Waals surface area contributed by atoms with E-state index >= 15 is 0 Å². The van der Waals surface area contributed by atoms with E-state index in [9.17, 15) is 12.8 Å². The number of hydrogen-bond acceptors (Lipinski definition) is 4. The van der Waals surface area contributed by atoms with Crippen molar-refractivity contribution in [2.75, 3.05) is 18.6 Å². The van der Waals surface area contributed by atoms with Crippen LogP contribution in [0.1, 0.15) is 18.9 Å². The van der Waals surface area contributed by atoms with Crippen LogP contribution >= 0.6 is 11.8 Å². The number of aliphatic hydroxyl groups excluding tert-OH is 1. The van der Waals surface area contributed by atoms with Crippen LogP contribution in [0.4, 0.5) is 4.39 Å². The van der Waals surface area contributed by atoms with Crippen molar-refractivity contribution in [3.8, 4) is 11.8 Å². The van der Waals surface area contributed by atoms with Gasteiger partial charge in [-0.3, -0.25) is 0 Å². The summed E-state index contributed by atoms with van der Waals surface area (Å²) in [6.07, 6.45) is 2.08. The molecular weight excluding hydrogens is 313 g/mol. The number of hydrogen-bond donors (Lipinski definition) is 2. The van der Waals surface area contributed by atoms with Gasteiger partial charge in [0.25, 0.3) is 0 Å². The first-order valence-electron chi connectivity index (χ1n) is 6.31. The average Bonchev–Trinajstić information content (AvgIpc) is 2.38. The molecule has 0 fully saturated rings. The number of aliphatic hydroxyl groups is 1. The predicted molar refractivity (Wildman–Crippen MR) is 83.1 cm³/mol. The van der Waals surface area contributed by atoms with E-state index in [1.807, 2.05) is 6.26 Å². The third kappa shape index (κ3) is 5.67. The standard InChI is InChI=1S/C14H18FNO3S2/c1-11(10-20-2)16-21(18,19)14-7-6-13(15)9-12(14)5-3-4-8-17/h6-7,9,11,16-17H,4,8,10H2,1-2H3. The van der Waals surface area contributed by atoms with Gasteiger partial charge in [0.05, 0.1) is 11.5 Å². The first-order chi connectivity index (χ1) is 9.90. The van der Waals surface area contributed by atoms with Gasteiger partial charge in [0, 0.05) is 23.8 Å². The minimum absolute atomic E-state index is 0.0534.